The van der Waals surface area contributed by atoms with Crippen LogP contribution in [0, 0.1) is 17.0 Å². The molecule has 3 rings (SSSR count). The van der Waals surface area contributed by atoms with Gasteiger partial charge in [0, 0.05) is 12.1 Å². The van der Waals surface area contributed by atoms with E-state index in [1.165, 1.54) is 49.2 Å². The minimum absolute atomic E-state index is 0.0189. The summed E-state index contributed by atoms with van der Waals surface area (Å²) in [5.41, 5.74) is 5.13. The van der Waals surface area contributed by atoms with Crippen LogP contribution in [0.1, 0.15) is 47.8 Å². The zero-order valence-corrected chi connectivity index (χ0v) is 21.8. The van der Waals surface area contributed by atoms with Gasteiger partial charge in [-0.05, 0) is 65.4 Å². The fourth-order valence-corrected chi connectivity index (χ4v) is 3.36. The van der Waals surface area contributed by atoms with Gasteiger partial charge in [-0.3, -0.25) is 14.9 Å². The summed E-state index contributed by atoms with van der Waals surface area (Å²) in [6.07, 6.45) is 1.41. The number of non-ortho nitro benzene ring substituents is 1. The Labute approximate surface area is 220 Å². The predicted octanol–water partition coefficient (Wildman–Crippen LogP) is 4.96. The number of amides is 1. The summed E-state index contributed by atoms with van der Waals surface area (Å²) in [7, 11) is 1.41. The van der Waals surface area contributed by atoms with Gasteiger partial charge in [0.05, 0.1) is 23.8 Å². The maximum Gasteiger partial charge on any atom is 0.343 e. The third-order valence-corrected chi connectivity index (χ3v) is 5.51. The van der Waals surface area contributed by atoms with Crippen molar-refractivity contribution in [3.63, 3.8) is 0 Å². The Kier molecular flexibility index (Phi) is 8.80. The smallest absolute Gasteiger partial charge is 0.343 e. The second kappa shape index (κ2) is 12.0. The van der Waals surface area contributed by atoms with Crippen LogP contribution < -0.4 is 19.6 Å². The molecule has 10 heteroatoms. The van der Waals surface area contributed by atoms with E-state index in [1.54, 1.807) is 12.1 Å². The molecule has 1 amide bonds. The molecule has 0 bridgehead atoms. The minimum atomic E-state index is -0.699. The molecule has 0 heterocycles. The van der Waals surface area contributed by atoms with E-state index in [9.17, 15) is 19.7 Å². The molecule has 10 nitrogen and oxygen atoms in total. The number of nitrogens with zero attached hydrogens (tertiary/aromatic N) is 2. The zero-order chi connectivity index (χ0) is 27.9. The number of carbonyl (C=O) groups excluding carboxylic acids is 2. The number of esters is 1. The quantitative estimate of drug-likeness (QED) is 0.139. The van der Waals surface area contributed by atoms with E-state index in [1.807, 2.05) is 25.1 Å². The van der Waals surface area contributed by atoms with E-state index in [0.717, 1.165) is 5.56 Å². The summed E-state index contributed by atoms with van der Waals surface area (Å²) in [4.78, 5) is 34.8. The number of benzene rings is 3. The number of ether oxygens (including phenoxy) is 3. The average molecular weight is 520 g/mol. The van der Waals surface area contributed by atoms with E-state index in [-0.39, 0.29) is 34.8 Å². The Morgan fingerprint density at radius 2 is 1.68 bits per heavy atom. The number of carbonyl (C=O) groups is 2. The van der Waals surface area contributed by atoms with Crippen molar-refractivity contribution in [2.45, 2.75) is 33.1 Å². The average Bonchev–Trinajstić information content (AvgIpc) is 2.88. The molecule has 3 aromatic rings. The third-order valence-electron chi connectivity index (χ3n) is 5.51. The van der Waals surface area contributed by atoms with Crippen molar-refractivity contribution in [1.29, 1.82) is 0 Å². The number of nitro benzene ring substituents is 1. The summed E-state index contributed by atoms with van der Waals surface area (Å²) < 4.78 is 16.3. The zero-order valence-electron chi connectivity index (χ0n) is 21.8. The number of rotatable bonds is 9. The molecule has 0 unspecified atom stereocenters. The van der Waals surface area contributed by atoms with Crippen LogP contribution in [-0.2, 0) is 10.2 Å². The van der Waals surface area contributed by atoms with E-state index in [0.29, 0.717) is 11.3 Å². The van der Waals surface area contributed by atoms with Gasteiger partial charge < -0.3 is 14.2 Å². The Morgan fingerprint density at radius 3 is 2.29 bits per heavy atom. The van der Waals surface area contributed by atoms with Crippen LogP contribution in [0.15, 0.2) is 65.8 Å². The molecular formula is C28H29N3O7. The highest BCUT2D eigenvalue weighted by Gasteiger charge is 2.16. The van der Waals surface area contributed by atoms with Crippen LogP contribution in [0.2, 0.25) is 0 Å². The van der Waals surface area contributed by atoms with Crippen LogP contribution in [0.25, 0.3) is 0 Å². The molecule has 1 N–H and O–H groups in total. The largest absolute Gasteiger partial charge is 0.493 e. The second-order valence-electron chi connectivity index (χ2n) is 9.42. The summed E-state index contributed by atoms with van der Waals surface area (Å²) >= 11 is 0. The van der Waals surface area contributed by atoms with E-state index < -0.39 is 16.8 Å². The van der Waals surface area contributed by atoms with Gasteiger partial charge in [-0.15, -0.1) is 0 Å². The van der Waals surface area contributed by atoms with Crippen LogP contribution >= 0.6 is 0 Å². The van der Waals surface area contributed by atoms with Crippen LogP contribution in [-0.4, -0.2) is 36.7 Å². The molecule has 0 saturated heterocycles. The summed E-state index contributed by atoms with van der Waals surface area (Å²) in [5, 5.41) is 14.7. The normalized spacial score (nSPS) is 11.2. The van der Waals surface area contributed by atoms with E-state index in [4.69, 9.17) is 14.2 Å². The van der Waals surface area contributed by atoms with Crippen molar-refractivity contribution in [3.05, 3.63) is 93.0 Å². The third kappa shape index (κ3) is 7.39. The lowest BCUT2D eigenvalue weighted by Gasteiger charge is -2.20. The Morgan fingerprint density at radius 1 is 1.00 bits per heavy atom. The number of methoxy groups -OCH3 is 1. The highest BCUT2D eigenvalue weighted by atomic mass is 16.6. The number of hydrogen-bond acceptors (Lipinski definition) is 8. The van der Waals surface area contributed by atoms with Crippen molar-refractivity contribution < 1.29 is 28.7 Å². The second-order valence-corrected chi connectivity index (χ2v) is 9.42. The highest BCUT2D eigenvalue weighted by Crippen LogP contribution is 2.29. The SMILES string of the molecule is COc1cc(C=NNC(=O)COc2ccc(C(C)(C)C)cc2C)ccc1OC(=O)c1ccc([N+](=O)[O-])cc1. The van der Waals surface area contributed by atoms with Crippen LogP contribution in [0.4, 0.5) is 5.69 Å². The van der Waals surface area contributed by atoms with Gasteiger partial charge in [-0.2, -0.15) is 5.10 Å². The summed E-state index contributed by atoms with van der Waals surface area (Å²) in [6.45, 7) is 8.12. The first-order valence-corrected chi connectivity index (χ1v) is 11.7. The van der Waals surface area contributed by atoms with Crippen molar-refractivity contribution in [2.24, 2.45) is 5.10 Å². The maximum atomic E-state index is 12.4. The van der Waals surface area contributed by atoms with Gasteiger partial charge in [-0.25, -0.2) is 10.2 Å². The Bertz CT molecular complexity index is 1360. The molecule has 0 aromatic heterocycles. The lowest BCUT2D eigenvalue weighted by molar-refractivity contribution is -0.384. The molecule has 0 saturated carbocycles. The van der Waals surface area contributed by atoms with Gasteiger partial charge >= 0.3 is 5.97 Å². The van der Waals surface area contributed by atoms with Gasteiger partial charge in [0.2, 0.25) is 0 Å². The maximum absolute atomic E-state index is 12.4. The highest BCUT2D eigenvalue weighted by molar-refractivity contribution is 5.92. The monoisotopic (exact) mass is 519 g/mol. The molecule has 38 heavy (non-hydrogen) atoms. The molecular weight excluding hydrogens is 490 g/mol. The minimum Gasteiger partial charge on any atom is -0.493 e. The molecule has 0 aliphatic rings. The fraction of sp³-hybridized carbons (Fsp3) is 0.250. The van der Waals surface area contributed by atoms with Gasteiger partial charge in [0.1, 0.15) is 5.75 Å². The Hall–Kier alpha value is -4.73. The number of hydrazone groups is 1. The lowest BCUT2D eigenvalue weighted by Crippen LogP contribution is -2.24. The number of nitro groups is 1. The summed E-state index contributed by atoms with van der Waals surface area (Å²) in [5.74, 6) is -0.0941. The van der Waals surface area contributed by atoms with Gasteiger partial charge in [0.25, 0.3) is 11.6 Å². The Balaban J connectivity index is 1.56. The predicted molar refractivity (Wildman–Crippen MR) is 142 cm³/mol. The first-order chi connectivity index (χ1) is 18.0. The van der Waals surface area contributed by atoms with E-state index in [2.05, 4.69) is 31.3 Å². The van der Waals surface area contributed by atoms with Crippen molar-refractivity contribution in [3.8, 4) is 17.2 Å². The van der Waals surface area contributed by atoms with Crippen LogP contribution in [0.3, 0.4) is 0 Å². The van der Waals surface area contributed by atoms with Crippen molar-refractivity contribution in [2.75, 3.05) is 13.7 Å². The molecule has 0 spiro atoms. The molecule has 0 aliphatic heterocycles. The summed E-state index contributed by atoms with van der Waals surface area (Å²) in [6, 6.07) is 15.6. The van der Waals surface area contributed by atoms with Gasteiger partial charge in [0.15, 0.2) is 18.1 Å². The molecule has 3 aromatic carbocycles. The van der Waals surface area contributed by atoms with Crippen molar-refractivity contribution >= 4 is 23.8 Å². The molecule has 0 radical (unpaired) electrons. The van der Waals surface area contributed by atoms with Gasteiger partial charge in [-0.1, -0.05) is 32.9 Å². The number of nitrogens with one attached hydrogen (secondary N) is 1. The molecule has 0 fully saturated rings. The fourth-order valence-electron chi connectivity index (χ4n) is 3.36. The topological polar surface area (TPSA) is 129 Å². The molecule has 198 valence electrons. The number of hydrogen-bond donors (Lipinski definition) is 1. The van der Waals surface area contributed by atoms with E-state index >= 15 is 0 Å². The first kappa shape index (κ1) is 27.9. The van der Waals surface area contributed by atoms with Crippen molar-refractivity contribution in [1.82, 2.24) is 5.43 Å². The molecule has 0 atom stereocenters. The first-order valence-electron chi connectivity index (χ1n) is 11.7. The molecule has 0 aliphatic carbocycles. The van der Waals surface area contributed by atoms with Crippen LogP contribution in [0.5, 0.6) is 17.2 Å². The number of aryl methyl sites for hydroxylation is 1. The lowest BCUT2D eigenvalue weighted by atomic mass is 9.86. The standard InChI is InChI=1S/C28H29N3O7/c1-18-14-21(28(2,3)4)9-13-23(18)37-17-26(32)30-29-16-19-6-12-24(25(15-19)36-5)38-27(33)20-7-10-22(11-8-20)31(34)35/h6-16H,17H2,1-5H3,(H,30,32).